The molecule has 1 N–H and O–H groups in total. The molecule has 0 saturated heterocycles. The molecular formula is C19H22N2O. The van der Waals surface area contributed by atoms with Crippen molar-refractivity contribution in [1.82, 2.24) is 4.98 Å². The van der Waals surface area contributed by atoms with E-state index in [2.05, 4.69) is 40.6 Å². The minimum atomic E-state index is 0.114. The normalized spacial score (nSPS) is 21.3. The predicted molar refractivity (Wildman–Crippen MR) is 88.7 cm³/mol. The predicted octanol–water partition coefficient (Wildman–Crippen LogP) is 4.30. The minimum absolute atomic E-state index is 0.114. The van der Waals surface area contributed by atoms with Gasteiger partial charge in [0.1, 0.15) is 5.82 Å². The van der Waals surface area contributed by atoms with E-state index in [1.54, 1.807) is 6.20 Å². The van der Waals surface area contributed by atoms with E-state index in [9.17, 15) is 4.79 Å². The van der Waals surface area contributed by atoms with Gasteiger partial charge in [0.25, 0.3) is 0 Å². The second-order valence-electron chi connectivity index (χ2n) is 6.17. The molecule has 0 atom stereocenters. The number of pyridine rings is 1. The minimum Gasteiger partial charge on any atom is -0.310 e. The Bertz CT molecular complexity index is 614. The summed E-state index contributed by atoms with van der Waals surface area (Å²) in [5.41, 5.74) is 2.50. The summed E-state index contributed by atoms with van der Waals surface area (Å²) in [6.45, 7) is 1.99. The lowest BCUT2D eigenvalue weighted by molar-refractivity contribution is -0.120. The van der Waals surface area contributed by atoms with E-state index in [-0.39, 0.29) is 11.8 Å². The lowest BCUT2D eigenvalue weighted by Crippen LogP contribution is -2.27. The van der Waals surface area contributed by atoms with Crippen LogP contribution in [0.1, 0.15) is 42.7 Å². The number of benzene rings is 1. The van der Waals surface area contributed by atoms with Gasteiger partial charge in [0.2, 0.25) is 5.91 Å². The van der Waals surface area contributed by atoms with E-state index >= 15 is 0 Å². The summed E-state index contributed by atoms with van der Waals surface area (Å²) in [4.78, 5) is 16.6. The van der Waals surface area contributed by atoms with Gasteiger partial charge in [-0.1, -0.05) is 36.4 Å². The van der Waals surface area contributed by atoms with E-state index in [1.807, 2.05) is 19.1 Å². The van der Waals surface area contributed by atoms with Gasteiger partial charge in [-0.2, -0.15) is 0 Å². The van der Waals surface area contributed by atoms with Crippen molar-refractivity contribution in [3.8, 4) is 0 Å². The molecule has 1 fully saturated rings. The van der Waals surface area contributed by atoms with Gasteiger partial charge in [0.15, 0.2) is 0 Å². The van der Waals surface area contributed by atoms with E-state index < -0.39 is 0 Å². The van der Waals surface area contributed by atoms with Crippen molar-refractivity contribution < 1.29 is 4.79 Å². The number of nitrogens with zero attached hydrogens (tertiary/aromatic N) is 1. The summed E-state index contributed by atoms with van der Waals surface area (Å²) in [5.74, 6) is 1.48. The van der Waals surface area contributed by atoms with Crippen LogP contribution in [0.4, 0.5) is 5.82 Å². The van der Waals surface area contributed by atoms with Crippen LogP contribution in [0.3, 0.4) is 0 Å². The smallest absolute Gasteiger partial charge is 0.228 e. The monoisotopic (exact) mass is 294 g/mol. The summed E-state index contributed by atoms with van der Waals surface area (Å²) in [6.07, 6.45) is 5.86. The zero-order chi connectivity index (χ0) is 15.4. The number of aryl methyl sites for hydroxylation is 1. The highest BCUT2D eigenvalue weighted by atomic mass is 16.1. The molecule has 1 aliphatic carbocycles. The molecule has 1 amide bonds. The lowest BCUT2D eigenvalue weighted by atomic mass is 9.78. The molecule has 1 aliphatic rings. The van der Waals surface area contributed by atoms with Crippen molar-refractivity contribution in [3.05, 3.63) is 59.8 Å². The van der Waals surface area contributed by atoms with Gasteiger partial charge in [-0.3, -0.25) is 4.79 Å². The highest BCUT2D eigenvalue weighted by molar-refractivity contribution is 5.91. The second-order valence-corrected chi connectivity index (χ2v) is 6.17. The zero-order valence-corrected chi connectivity index (χ0v) is 13.0. The maximum Gasteiger partial charge on any atom is 0.228 e. The van der Waals surface area contributed by atoms with E-state index in [4.69, 9.17) is 0 Å². The van der Waals surface area contributed by atoms with Crippen molar-refractivity contribution >= 4 is 11.7 Å². The van der Waals surface area contributed by atoms with Crippen molar-refractivity contribution in [1.29, 1.82) is 0 Å². The Morgan fingerprint density at radius 3 is 2.41 bits per heavy atom. The number of anilines is 1. The molecule has 0 radical (unpaired) electrons. The van der Waals surface area contributed by atoms with Crippen LogP contribution < -0.4 is 5.32 Å². The molecule has 1 aromatic carbocycles. The number of aromatic nitrogens is 1. The van der Waals surface area contributed by atoms with Crippen molar-refractivity contribution in [2.24, 2.45) is 5.92 Å². The van der Waals surface area contributed by atoms with Gasteiger partial charge >= 0.3 is 0 Å². The third-order valence-corrected chi connectivity index (χ3v) is 4.53. The van der Waals surface area contributed by atoms with E-state index in [0.717, 1.165) is 31.2 Å². The molecule has 2 aromatic rings. The fraction of sp³-hybridized carbons (Fsp3) is 0.368. The maximum atomic E-state index is 12.3. The Balaban J connectivity index is 1.54. The van der Waals surface area contributed by atoms with E-state index in [0.29, 0.717) is 11.7 Å². The van der Waals surface area contributed by atoms with Crippen LogP contribution in [0.15, 0.2) is 48.7 Å². The molecule has 1 heterocycles. The first-order chi connectivity index (χ1) is 10.7. The van der Waals surface area contributed by atoms with Crippen LogP contribution in [0.5, 0.6) is 0 Å². The highest BCUT2D eigenvalue weighted by Crippen LogP contribution is 2.36. The quantitative estimate of drug-likeness (QED) is 0.917. The fourth-order valence-corrected chi connectivity index (χ4v) is 3.18. The molecular weight excluding hydrogens is 272 g/mol. The van der Waals surface area contributed by atoms with Crippen molar-refractivity contribution in [2.45, 2.75) is 38.5 Å². The first-order valence-electron chi connectivity index (χ1n) is 8.01. The van der Waals surface area contributed by atoms with Crippen LogP contribution in [0, 0.1) is 12.8 Å². The Labute approximate surface area is 131 Å². The summed E-state index contributed by atoms with van der Waals surface area (Å²) in [6, 6.07) is 14.5. The van der Waals surface area contributed by atoms with Crippen LogP contribution >= 0.6 is 0 Å². The van der Waals surface area contributed by atoms with Crippen LogP contribution in [0.2, 0.25) is 0 Å². The molecule has 3 rings (SSSR count). The molecule has 3 nitrogen and oxygen atoms in total. The molecule has 22 heavy (non-hydrogen) atoms. The third kappa shape index (κ3) is 3.53. The number of hydrogen-bond donors (Lipinski definition) is 1. The molecule has 0 unspecified atom stereocenters. The standard InChI is InChI=1S/C19H22N2O/c1-14-7-12-18(20-13-14)21-19(22)17-10-8-16(9-11-17)15-5-3-2-4-6-15/h2-7,12-13,16-17H,8-11H2,1H3,(H,20,21,22). The van der Waals surface area contributed by atoms with Crippen molar-refractivity contribution in [3.63, 3.8) is 0 Å². The Morgan fingerprint density at radius 2 is 1.77 bits per heavy atom. The van der Waals surface area contributed by atoms with Crippen LogP contribution in [-0.2, 0) is 4.79 Å². The Kier molecular flexibility index (Phi) is 4.52. The molecule has 0 spiro atoms. The first-order valence-corrected chi connectivity index (χ1v) is 8.01. The number of nitrogens with one attached hydrogen (secondary N) is 1. The maximum absolute atomic E-state index is 12.3. The molecule has 1 saturated carbocycles. The third-order valence-electron chi connectivity index (χ3n) is 4.53. The molecule has 1 aromatic heterocycles. The average molecular weight is 294 g/mol. The van der Waals surface area contributed by atoms with Crippen LogP contribution in [0.25, 0.3) is 0 Å². The Hall–Kier alpha value is -2.16. The molecule has 0 aliphatic heterocycles. The van der Waals surface area contributed by atoms with Gasteiger partial charge in [-0.05, 0) is 55.7 Å². The van der Waals surface area contributed by atoms with Gasteiger partial charge < -0.3 is 5.32 Å². The number of carbonyl (C=O) groups is 1. The number of carbonyl (C=O) groups excluding carboxylic acids is 1. The highest BCUT2D eigenvalue weighted by Gasteiger charge is 2.27. The SMILES string of the molecule is Cc1ccc(NC(=O)C2CCC(c3ccccc3)CC2)nc1. The first kappa shape index (κ1) is 14.8. The largest absolute Gasteiger partial charge is 0.310 e. The van der Waals surface area contributed by atoms with Crippen molar-refractivity contribution in [2.75, 3.05) is 5.32 Å². The fourth-order valence-electron chi connectivity index (χ4n) is 3.18. The molecule has 3 heteroatoms. The zero-order valence-electron chi connectivity index (χ0n) is 13.0. The second kappa shape index (κ2) is 6.73. The van der Waals surface area contributed by atoms with Gasteiger partial charge in [-0.15, -0.1) is 0 Å². The summed E-state index contributed by atoms with van der Waals surface area (Å²) in [7, 11) is 0. The van der Waals surface area contributed by atoms with Gasteiger partial charge in [0.05, 0.1) is 0 Å². The molecule has 114 valence electrons. The molecule has 0 bridgehead atoms. The van der Waals surface area contributed by atoms with Gasteiger partial charge in [0, 0.05) is 12.1 Å². The Morgan fingerprint density at radius 1 is 1.05 bits per heavy atom. The van der Waals surface area contributed by atoms with Gasteiger partial charge in [-0.25, -0.2) is 4.98 Å². The number of rotatable bonds is 3. The van der Waals surface area contributed by atoms with E-state index in [1.165, 1.54) is 5.56 Å². The number of hydrogen-bond acceptors (Lipinski definition) is 2. The summed E-state index contributed by atoms with van der Waals surface area (Å²) in [5, 5.41) is 2.94. The summed E-state index contributed by atoms with van der Waals surface area (Å²) < 4.78 is 0. The average Bonchev–Trinajstić information content (AvgIpc) is 2.58. The number of amides is 1. The van der Waals surface area contributed by atoms with Crippen LogP contribution in [-0.4, -0.2) is 10.9 Å². The summed E-state index contributed by atoms with van der Waals surface area (Å²) >= 11 is 0. The topological polar surface area (TPSA) is 42.0 Å². The lowest BCUT2D eigenvalue weighted by Gasteiger charge is -2.28.